The average molecular weight is 276 g/mol. The third-order valence-corrected chi connectivity index (χ3v) is 3.82. The van der Waals surface area contributed by atoms with Crippen molar-refractivity contribution in [1.29, 1.82) is 0 Å². The summed E-state index contributed by atoms with van der Waals surface area (Å²) in [6.45, 7) is 14.2. The van der Waals surface area contributed by atoms with Crippen LogP contribution in [0.15, 0.2) is 35.5 Å². The summed E-state index contributed by atoms with van der Waals surface area (Å²) in [7, 11) is 0. The molecule has 0 bridgehead atoms. The fraction of sp³-hybridized carbons (Fsp3) is 0.667. The number of unbranched alkanes of at least 4 members (excludes halogenated alkanes) is 4. The Morgan fingerprint density at radius 1 is 0.950 bits per heavy atom. The summed E-state index contributed by atoms with van der Waals surface area (Å²) in [6, 6.07) is 0. The molecule has 0 rings (SSSR count). The minimum absolute atomic E-state index is 0.102. The number of hydrogen-bond donors (Lipinski definition) is 0. The molecule has 1 atom stereocenters. The molecule has 1 unspecified atom stereocenters. The van der Waals surface area contributed by atoms with E-state index < -0.39 is 0 Å². The summed E-state index contributed by atoms with van der Waals surface area (Å²) in [5, 5.41) is 0. The Morgan fingerprint density at radius 3 is 2.15 bits per heavy atom. The quantitative estimate of drug-likeness (QED) is 0.311. The van der Waals surface area contributed by atoms with E-state index in [0.717, 1.165) is 12.1 Å². The summed E-state index contributed by atoms with van der Waals surface area (Å²) in [5.74, 6) is 0. The van der Waals surface area contributed by atoms with Crippen molar-refractivity contribution >= 4 is 11.9 Å². The van der Waals surface area contributed by atoms with Gasteiger partial charge in [0, 0.05) is 24.0 Å². The molecule has 0 N–H and O–H groups in total. The number of aliphatic imine (C=N–C) groups is 2. The highest BCUT2D eigenvalue weighted by atomic mass is 14.8. The zero-order chi connectivity index (χ0) is 15.3. The molecule has 0 aliphatic heterocycles. The molecule has 114 valence electrons. The van der Waals surface area contributed by atoms with Crippen molar-refractivity contribution in [3.63, 3.8) is 0 Å². The smallest absolute Gasteiger partial charge is 0.0644 e. The molecule has 0 aliphatic carbocycles. The molecule has 0 aliphatic rings. The van der Waals surface area contributed by atoms with Crippen LogP contribution in [0.3, 0.4) is 0 Å². The number of rotatable bonds is 12. The second-order valence-electron chi connectivity index (χ2n) is 5.63. The lowest BCUT2D eigenvalue weighted by Crippen LogP contribution is -2.29. The van der Waals surface area contributed by atoms with Crippen LogP contribution in [-0.2, 0) is 0 Å². The van der Waals surface area contributed by atoms with Crippen LogP contribution in [0.1, 0.15) is 72.1 Å². The second kappa shape index (κ2) is 11.6. The first-order valence-electron chi connectivity index (χ1n) is 7.97. The molecule has 0 fully saturated rings. The first kappa shape index (κ1) is 18.8. The zero-order valence-electron chi connectivity index (χ0n) is 13.7. The Balaban J connectivity index is 4.93. The van der Waals surface area contributed by atoms with E-state index in [2.05, 4.69) is 43.9 Å². The predicted octanol–water partition coefficient (Wildman–Crippen LogP) is 5.95. The van der Waals surface area contributed by atoms with E-state index in [-0.39, 0.29) is 5.41 Å². The van der Waals surface area contributed by atoms with Crippen molar-refractivity contribution in [3.8, 4) is 0 Å². The van der Waals surface area contributed by atoms with Gasteiger partial charge in [0.2, 0.25) is 0 Å². The van der Waals surface area contributed by atoms with Crippen LogP contribution in [0, 0.1) is 5.41 Å². The first-order valence-corrected chi connectivity index (χ1v) is 7.97. The van der Waals surface area contributed by atoms with Gasteiger partial charge in [-0.2, -0.15) is 0 Å². The fourth-order valence-corrected chi connectivity index (χ4v) is 2.46. The van der Waals surface area contributed by atoms with Gasteiger partial charge in [0.25, 0.3) is 0 Å². The van der Waals surface area contributed by atoms with Crippen LogP contribution in [0.25, 0.3) is 0 Å². The molecule has 0 heterocycles. The highest BCUT2D eigenvalue weighted by molar-refractivity contribution is 6.33. The predicted molar refractivity (Wildman–Crippen MR) is 92.7 cm³/mol. The molecule has 0 amide bonds. The first-order chi connectivity index (χ1) is 9.64. The van der Waals surface area contributed by atoms with E-state index in [4.69, 9.17) is 0 Å². The molecule has 0 saturated heterocycles. The van der Waals surface area contributed by atoms with Crippen LogP contribution < -0.4 is 0 Å². The van der Waals surface area contributed by atoms with Crippen LogP contribution in [0.4, 0.5) is 0 Å². The van der Waals surface area contributed by atoms with E-state index in [1.807, 2.05) is 6.21 Å². The SMILES string of the molecule is C=C/N=C\C(=N/C=C)C(C)(CCCC)CCCCCC. The van der Waals surface area contributed by atoms with Crippen molar-refractivity contribution in [2.45, 2.75) is 72.1 Å². The van der Waals surface area contributed by atoms with Gasteiger partial charge in [-0.15, -0.1) is 0 Å². The summed E-state index contributed by atoms with van der Waals surface area (Å²) in [6.07, 6.45) is 15.0. The maximum absolute atomic E-state index is 4.47. The summed E-state index contributed by atoms with van der Waals surface area (Å²) >= 11 is 0. The van der Waals surface area contributed by atoms with Crippen molar-refractivity contribution < 1.29 is 0 Å². The van der Waals surface area contributed by atoms with E-state index in [1.54, 1.807) is 12.4 Å². The normalized spacial score (nSPS) is 15.2. The van der Waals surface area contributed by atoms with Gasteiger partial charge >= 0.3 is 0 Å². The Hall–Kier alpha value is -1.18. The molecule has 0 spiro atoms. The topological polar surface area (TPSA) is 24.7 Å². The molecule has 20 heavy (non-hydrogen) atoms. The molecule has 0 radical (unpaired) electrons. The lowest BCUT2D eigenvalue weighted by Gasteiger charge is -2.29. The lowest BCUT2D eigenvalue weighted by molar-refractivity contribution is 0.366. The van der Waals surface area contributed by atoms with Gasteiger partial charge in [0.05, 0.1) is 5.71 Å². The molecule has 0 aromatic carbocycles. The number of hydrogen-bond acceptors (Lipinski definition) is 2. The van der Waals surface area contributed by atoms with Crippen LogP contribution in [0.2, 0.25) is 0 Å². The maximum atomic E-state index is 4.47. The van der Waals surface area contributed by atoms with Gasteiger partial charge in [-0.05, 0) is 12.8 Å². The number of nitrogens with zero attached hydrogens (tertiary/aromatic N) is 2. The van der Waals surface area contributed by atoms with Crippen molar-refractivity contribution in [2.24, 2.45) is 15.4 Å². The Bertz CT molecular complexity index is 328. The van der Waals surface area contributed by atoms with Crippen molar-refractivity contribution in [1.82, 2.24) is 0 Å². The molecule has 2 heteroatoms. The summed E-state index contributed by atoms with van der Waals surface area (Å²) in [4.78, 5) is 8.64. The van der Waals surface area contributed by atoms with Crippen molar-refractivity contribution in [3.05, 3.63) is 25.6 Å². The minimum atomic E-state index is 0.102. The van der Waals surface area contributed by atoms with E-state index >= 15 is 0 Å². The van der Waals surface area contributed by atoms with E-state index in [0.29, 0.717) is 0 Å². The molecular formula is C18H32N2. The van der Waals surface area contributed by atoms with Gasteiger partial charge in [-0.25, -0.2) is 0 Å². The summed E-state index contributed by atoms with van der Waals surface area (Å²) in [5.41, 5.74) is 1.14. The van der Waals surface area contributed by atoms with Gasteiger partial charge in [0.1, 0.15) is 0 Å². The summed E-state index contributed by atoms with van der Waals surface area (Å²) < 4.78 is 0. The zero-order valence-corrected chi connectivity index (χ0v) is 13.7. The lowest BCUT2D eigenvalue weighted by atomic mass is 9.76. The van der Waals surface area contributed by atoms with Crippen LogP contribution >= 0.6 is 0 Å². The highest BCUT2D eigenvalue weighted by Gasteiger charge is 2.28. The average Bonchev–Trinajstić information content (AvgIpc) is 2.46. The standard InChI is InChI=1S/C18H32N2/c1-6-10-12-13-15-18(5,14-11-7-2)17(20-9-4)16-19-8-3/h8-9,16H,3-4,6-7,10-15H2,1-2,5H3/b19-16-,20-17+. The molecular weight excluding hydrogens is 244 g/mol. The molecule has 2 nitrogen and oxygen atoms in total. The molecule has 0 aromatic heterocycles. The van der Waals surface area contributed by atoms with Gasteiger partial charge < -0.3 is 0 Å². The fourth-order valence-electron chi connectivity index (χ4n) is 2.46. The maximum Gasteiger partial charge on any atom is 0.0644 e. The highest BCUT2D eigenvalue weighted by Crippen LogP contribution is 2.32. The third-order valence-electron chi connectivity index (χ3n) is 3.82. The molecule has 0 saturated carbocycles. The second-order valence-corrected chi connectivity index (χ2v) is 5.63. The van der Waals surface area contributed by atoms with Gasteiger partial charge in [-0.1, -0.05) is 72.5 Å². The van der Waals surface area contributed by atoms with Crippen LogP contribution in [-0.4, -0.2) is 11.9 Å². The monoisotopic (exact) mass is 276 g/mol. The van der Waals surface area contributed by atoms with Crippen molar-refractivity contribution in [2.75, 3.05) is 0 Å². The third kappa shape index (κ3) is 7.42. The van der Waals surface area contributed by atoms with Gasteiger partial charge in [0.15, 0.2) is 0 Å². The largest absolute Gasteiger partial charge is 0.263 e. The van der Waals surface area contributed by atoms with Crippen LogP contribution in [0.5, 0.6) is 0 Å². The Kier molecular flexibility index (Phi) is 10.9. The van der Waals surface area contributed by atoms with E-state index in [9.17, 15) is 0 Å². The Morgan fingerprint density at radius 2 is 1.60 bits per heavy atom. The molecule has 0 aromatic rings. The minimum Gasteiger partial charge on any atom is -0.263 e. The Labute approximate surface area is 125 Å². The van der Waals surface area contributed by atoms with E-state index in [1.165, 1.54) is 44.9 Å². The van der Waals surface area contributed by atoms with Gasteiger partial charge in [-0.3, -0.25) is 9.98 Å².